The van der Waals surface area contributed by atoms with Crippen LogP contribution < -0.4 is 16.0 Å². The molecule has 45 heavy (non-hydrogen) atoms. The molecular formula is C34H26Cl2N4O3S2. The van der Waals surface area contributed by atoms with Crippen LogP contribution in [0.5, 0.6) is 0 Å². The fourth-order valence-electron chi connectivity index (χ4n) is 4.06. The number of aromatic nitrogens is 1. The zero-order chi connectivity index (χ0) is 31.8. The third-order valence-electron chi connectivity index (χ3n) is 6.36. The van der Waals surface area contributed by atoms with E-state index in [1.165, 1.54) is 23.1 Å². The quantitative estimate of drug-likeness (QED) is 0.102. The molecule has 5 aromatic rings. The summed E-state index contributed by atoms with van der Waals surface area (Å²) in [6.07, 6.45) is 1.63. The van der Waals surface area contributed by atoms with Gasteiger partial charge >= 0.3 is 0 Å². The van der Waals surface area contributed by atoms with Crippen molar-refractivity contribution in [3.05, 3.63) is 135 Å². The van der Waals surface area contributed by atoms with E-state index in [9.17, 15) is 14.4 Å². The second kappa shape index (κ2) is 15.0. The monoisotopic (exact) mass is 672 g/mol. The molecule has 0 atom stereocenters. The molecule has 7 nitrogen and oxygen atoms in total. The minimum Gasteiger partial charge on any atom is -0.321 e. The van der Waals surface area contributed by atoms with Crippen molar-refractivity contribution in [3.63, 3.8) is 0 Å². The van der Waals surface area contributed by atoms with E-state index in [0.717, 1.165) is 21.6 Å². The third kappa shape index (κ3) is 9.06. The van der Waals surface area contributed by atoms with Gasteiger partial charge in [-0.15, -0.1) is 23.1 Å². The molecule has 3 amide bonds. The standard InChI is InChI=1S/C34H26Cl2N4O3S2/c1-21-7-9-22(10-8-21)17-29(38-32(42)23-5-3-2-4-6-23)33(43)37-25-12-14-26(15-13-25)44-20-31(41)40-34-39-30(19-45-34)27-16-11-24(35)18-28(27)36/h2-19H,20H2,1H3,(H,37,43)(H,38,42)(H,39,40,41)/b29-17-. The third-order valence-corrected chi connectivity index (χ3v) is 8.67. The van der Waals surface area contributed by atoms with Crippen LogP contribution in [-0.2, 0) is 9.59 Å². The van der Waals surface area contributed by atoms with Crippen LogP contribution in [0.15, 0.2) is 113 Å². The van der Waals surface area contributed by atoms with E-state index in [1.807, 2.05) is 54.8 Å². The van der Waals surface area contributed by atoms with Crippen LogP contribution in [0.4, 0.5) is 10.8 Å². The molecule has 0 unspecified atom stereocenters. The molecule has 4 aromatic carbocycles. The van der Waals surface area contributed by atoms with Crippen molar-refractivity contribution < 1.29 is 14.4 Å². The normalized spacial score (nSPS) is 11.1. The molecule has 3 N–H and O–H groups in total. The number of anilines is 2. The van der Waals surface area contributed by atoms with Gasteiger partial charge in [-0.3, -0.25) is 14.4 Å². The Balaban J connectivity index is 1.18. The maximum absolute atomic E-state index is 13.3. The highest BCUT2D eigenvalue weighted by atomic mass is 35.5. The molecule has 0 aliphatic heterocycles. The van der Waals surface area contributed by atoms with Crippen molar-refractivity contribution in [3.8, 4) is 11.3 Å². The van der Waals surface area contributed by atoms with E-state index in [4.69, 9.17) is 23.2 Å². The Hall–Kier alpha value is -4.41. The minimum atomic E-state index is -0.470. The molecule has 226 valence electrons. The van der Waals surface area contributed by atoms with Gasteiger partial charge in [0, 0.05) is 32.1 Å². The number of rotatable bonds is 10. The number of thioether (sulfide) groups is 1. The van der Waals surface area contributed by atoms with Gasteiger partial charge in [-0.2, -0.15) is 0 Å². The lowest BCUT2D eigenvalue weighted by molar-refractivity contribution is -0.114. The van der Waals surface area contributed by atoms with E-state index in [1.54, 1.807) is 60.7 Å². The summed E-state index contributed by atoms with van der Waals surface area (Å²) in [6, 6.07) is 28.6. The first-order chi connectivity index (χ1) is 21.7. The second-order valence-corrected chi connectivity index (χ2v) is 12.5. The van der Waals surface area contributed by atoms with E-state index >= 15 is 0 Å². The molecule has 0 fully saturated rings. The Morgan fingerprint density at radius 2 is 1.62 bits per heavy atom. The first-order valence-electron chi connectivity index (χ1n) is 13.6. The van der Waals surface area contributed by atoms with Crippen LogP contribution in [-0.4, -0.2) is 28.5 Å². The van der Waals surface area contributed by atoms with Gasteiger partial charge in [0.05, 0.1) is 16.5 Å². The van der Waals surface area contributed by atoms with Gasteiger partial charge < -0.3 is 16.0 Å². The summed E-state index contributed by atoms with van der Waals surface area (Å²) in [7, 11) is 0. The van der Waals surface area contributed by atoms with Gasteiger partial charge in [0.1, 0.15) is 5.70 Å². The molecule has 0 saturated carbocycles. The Morgan fingerprint density at radius 1 is 0.889 bits per heavy atom. The highest BCUT2D eigenvalue weighted by Gasteiger charge is 2.16. The van der Waals surface area contributed by atoms with Gasteiger partial charge in [-0.1, -0.05) is 71.2 Å². The highest BCUT2D eigenvalue weighted by Crippen LogP contribution is 2.32. The van der Waals surface area contributed by atoms with Crippen molar-refractivity contribution in [2.75, 3.05) is 16.4 Å². The number of benzene rings is 4. The van der Waals surface area contributed by atoms with Crippen LogP contribution in [0.25, 0.3) is 17.3 Å². The summed E-state index contributed by atoms with van der Waals surface area (Å²) < 4.78 is 0. The number of halogens is 2. The molecule has 1 heterocycles. The van der Waals surface area contributed by atoms with Gasteiger partial charge in [0.15, 0.2) is 5.13 Å². The first-order valence-corrected chi connectivity index (χ1v) is 16.3. The second-order valence-electron chi connectivity index (χ2n) is 9.77. The van der Waals surface area contributed by atoms with Crippen LogP contribution in [0.2, 0.25) is 10.0 Å². The lowest BCUT2D eigenvalue weighted by Gasteiger charge is -2.12. The van der Waals surface area contributed by atoms with E-state index in [-0.39, 0.29) is 17.4 Å². The fourth-order valence-corrected chi connectivity index (χ4v) is 5.99. The van der Waals surface area contributed by atoms with Crippen molar-refractivity contribution in [1.29, 1.82) is 0 Å². The van der Waals surface area contributed by atoms with Crippen LogP contribution in [0, 0.1) is 6.92 Å². The lowest BCUT2D eigenvalue weighted by atomic mass is 10.1. The molecule has 0 radical (unpaired) electrons. The Kier molecular flexibility index (Phi) is 10.7. The summed E-state index contributed by atoms with van der Waals surface area (Å²) in [4.78, 5) is 44.0. The van der Waals surface area contributed by atoms with Gasteiger partial charge in [-0.25, -0.2) is 4.98 Å². The average molecular weight is 674 g/mol. The lowest BCUT2D eigenvalue weighted by Crippen LogP contribution is -2.30. The predicted octanol–water partition coefficient (Wildman–Crippen LogP) is 8.57. The number of carbonyl (C=O) groups is 3. The molecule has 0 aliphatic rings. The molecule has 0 bridgehead atoms. The number of hydrogen-bond acceptors (Lipinski definition) is 6. The SMILES string of the molecule is Cc1ccc(/C=C(\NC(=O)c2ccccc2)C(=O)Nc2ccc(SCC(=O)Nc3nc(-c4ccc(Cl)cc4Cl)cs3)cc2)cc1. The number of amides is 3. The maximum atomic E-state index is 13.3. The van der Waals surface area contributed by atoms with Gasteiger partial charge in [0.2, 0.25) is 5.91 Å². The van der Waals surface area contributed by atoms with E-state index in [2.05, 4.69) is 20.9 Å². The van der Waals surface area contributed by atoms with Crippen LogP contribution in [0.1, 0.15) is 21.5 Å². The predicted molar refractivity (Wildman–Crippen MR) is 185 cm³/mol. The van der Waals surface area contributed by atoms with Gasteiger partial charge in [0.25, 0.3) is 11.8 Å². The van der Waals surface area contributed by atoms with Crippen LogP contribution >= 0.6 is 46.3 Å². The zero-order valence-electron chi connectivity index (χ0n) is 23.8. The van der Waals surface area contributed by atoms with Crippen LogP contribution in [0.3, 0.4) is 0 Å². The Labute approximate surface area is 278 Å². The number of hydrogen-bond donors (Lipinski definition) is 3. The van der Waals surface area contributed by atoms with E-state index < -0.39 is 11.8 Å². The summed E-state index contributed by atoms with van der Waals surface area (Å²) in [5, 5.41) is 11.7. The fraction of sp³-hybridized carbons (Fsp3) is 0.0588. The summed E-state index contributed by atoms with van der Waals surface area (Å²) in [5.41, 5.74) is 4.31. The highest BCUT2D eigenvalue weighted by molar-refractivity contribution is 8.00. The van der Waals surface area contributed by atoms with E-state index in [0.29, 0.717) is 32.1 Å². The molecule has 1 aromatic heterocycles. The van der Waals surface area contributed by atoms with Crippen molar-refractivity contribution >= 4 is 80.9 Å². The first kappa shape index (κ1) is 32.0. The van der Waals surface area contributed by atoms with Crippen molar-refractivity contribution in [2.45, 2.75) is 11.8 Å². The largest absolute Gasteiger partial charge is 0.321 e. The Bertz CT molecular complexity index is 1860. The molecule has 11 heteroatoms. The molecular weight excluding hydrogens is 647 g/mol. The smallest absolute Gasteiger partial charge is 0.272 e. The number of nitrogens with one attached hydrogen (secondary N) is 3. The number of carbonyl (C=O) groups excluding carboxylic acids is 3. The summed E-state index contributed by atoms with van der Waals surface area (Å²) in [5.74, 6) is -0.906. The van der Waals surface area contributed by atoms with Crippen molar-refractivity contribution in [1.82, 2.24) is 10.3 Å². The average Bonchev–Trinajstić information content (AvgIpc) is 3.49. The maximum Gasteiger partial charge on any atom is 0.272 e. The van der Waals surface area contributed by atoms with Gasteiger partial charge in [-0.05, 0) is 73.2 Å². The number of nitrogens with zero attached hydrogens (tertiary/aromatic N) is 1. The molecule has 0 aliphatic carbocycles. The topological polar surface area (TPSA) is 100 Å². The number of thiazole rings is 1. The molecule has 0 spiro atoms. The number of aryl methyl sites for hydroxylation is 1. The summed E-state index contributed by atoms with van der Waals surface area (Å²) in [6.45, 7) is 1.98. The summed E-state index contributed by atoms with van der Waals surface area (Å²) >= 11 is 14.9. The molecule has 5 rings (SSSR count). The molecule has 0 saturated heterocycles. The Morgan fingerprint density at radius 3 is 2.33 bits per heavy atom. The van der Waals surface area contributed by atoms with Crippen molar-refractivity contribution in [2.24, 2.45) is 0 Å². The zero-order valence-corrected chi connectivity index (χ0v) is 27.0. The minimum absolute atomic E-state index is 0.103.